The molecule has 0 saturated heterocycles. The van der Waals surface area contributed by atoms with E-state index < -0.39 is 0 Å². The first-order valence-electron chi connectivity index (χ1n) is 7.04. The van der Waals surface area contributed by atoms with Gasteiger partial charge in [-0.1, -0.05) is 29.5 Å². The number of aryl methyl sites for hydroxylation is 3. The molecule has 0 fully saturated rings. The van der Waals surface area contributed by atoms with E-state index in [-0.39, 0.29) is 12.3 Å². The summed E-state index contributed by atoms with van der Waals surface area (Å²) in [6.45, 7) is 5.99. The third-order valence-electron chi connectivity index (χ3n) is 3.33. The zero-order valence-electron chi connectivity index (χ0n) is 12.6. The Hall–Kier alpha value is -2.28. The molecule has 22 heavy (non-hydrogen) atoms. The Kier molecular flexibility index (Phi) is 3.89. The summed E-state index contributed by atoms with van der Waals surface area (Å²) < 4.78 is 5.33. The quantitative estimate of drug-likeness (QED) is 0.800. The molecule has 7 heteroatoms. The molecule has 3 aromatic rings. The largest absolute Gasteiger partial charge is 0.356 e. The van der Waals surface area contributed by atoms with E-state index in [4.69, 9.17) is 4.52 Å². The van der Waals surface area contributed by atoms with Gasteiger partial charge in [0.1, 0.15) is 10.7 Å². The van der Waals surface area contributed by atoms with Gasteiger partial charge >= 0.3 is 0 Å². The first-order chi connectivity index (χ1) is 10.6. The highest BCUT2D eigenvalue weighted by molar-refractivity contribution is 7.15. The number of anilines is 1. The lowest BCUT2D eigenvalue weighted by Crippen LogP contribution is -2.14. The molecule has 114 valence electrons. The summed E-state index contributed by atoms with van der Waals surface area (Å²) in [6, 6.07) is 3.98. The predicted molar refractivity (Wildman–Crippen MR) is 85.1 cm³/mol. The standard InChI is InChI=1S/C15H16N4O2S/c1-4-13-17-18-15(22-13)16-12(20)7-10-14-9(3)5-8(2)6-11(14)21-19-10/h5-6H,4,7H2,1-3H3,(H,16,18,20). The molecule has 0 spiro atoms. The summed E-state index contributed by atoms with van der Waals surface area (Å²) in [6.07, 6.45) is 0.956. The lowest BCUT2D eigenvalue weighted by atomic mass is 10.0. The van der Waals surface area contributed by atoms with Crippen molar-refractivity contribution in [2.24, 2.45) is 0 Å². The van der Waals surface area contributed by atoms with Crippen LogP contribution in [0.25, 0.3) is 11.0 Å². The Morgan fingerprint density at radius 2 is 2.14 bits per heavy atom. The molecule has 0 aliphatic heterocycles. The average molecular weight is 316 g/mol. The van der Waals surface area contributed by atoms with Gasteiger partial charge < -0.3 is 9.84 Å². The lowest BCUT2D eigenvalue weighted by molar-refractivity contribution is -0.115. The summed E-state index contributed by atoms with van der Waals surface area (Å²) in [5.41, 5.74) is 3.52. The second-order valence-corrected chi connectivity index (χ2v) is 6.23. The van der Waals surface area contributed by atoms with Crippen molar-refractivity contribution in [2.75, 3.05) is 5.32 Å². The van der Waals surface area contributed by atoms with Gasteiger partial charge in [0.15, 0.2) is 5.58 Å². The second-order valence-electron chi connectivity index (χ2n) is 5.16. The van der Waals surface area contributed by atoms with Crippen LogP contribution < -0.4 is 5.32 Å². The first kappa shape index (κ1) is 14.6. The Balaban J connectivity index is 1.79. The molecule has 0 atom stereocenters. The van der Waals surface area contributed by atoms with E-state index in [1.807, 2.05) is 26.8 Å². The van der Waals surface area contributed by atoms with Crippen LogP contribution in [-0.2, 0) is 17.6 Å². The first-order valence-corrected chi connectivity index (χ1v) is 7.86. The fraction of sp³-hybridized carbons (Fsp3) is 0.333. The lowest BCUT2D eigenvalue weighted by Gasteiger charge is -2.01. The minimum Gasteiger partial charge on any atom is -0.356 e. The number of amides is 1. The summed E-state index contributed by atoms with van der Waals surface area (Å²) in [5.74, 6) is -0.172. The van der Waals surface area contributed by atoms with E-state index in [9.17, 15) is 4.79 Å². The van der Waals surface area contributed by atoms with Gasteiger partial charge in [-0.2, -0.15) is 0 Å². The number of rotatable bonds is 4. The number of benzene rings is 1. The van der Waals surface area contributed by atoms with Gasteiger partial charge in [-0.15, -0.1) is 10.2 Å². The van der Waals surface area contributed by atoms with Gasteiger partial charge in [0.25, 0.3) is 0 Å². The number of hydrogen-bond donors (Lipinski definition) is 1. The molecular formula is C15H16N4O2S. The maximum Gasteiger partial charge on any atom is 0.232 e. The molecule has 1 amide bonds. The van der Waals surface area contributed by atoms with Gasteiger partial charge in [0.2, 0.25) is 11.0 Å². The predicted octanol–water partition coefficient (Wildman–Crippen LogP) is 3.04. The number of nitrogens with one attached hydrogen (secondary N) is 1. The summed E-state index contributed by atoms with van der Waals surface area (Å²) in [5, 5.41) is 17.0. The van der Waals surface area contributed by atoms with Crippen LogP contribution in [-0.4, -0.2) is 21.3 Å². The maximum absolute atomic E-state index is 12.1. The number of fused-ring (bicyclic) bond motifs is 1. The van der Waals surface area contributed by atoms with Crippen LogP contribution in [0.1, 0.15) is 28.8 Å². The molecular weight excluding hydrogens is 300 g/mol. The zero-order valence-corrected chi connectivity index (χ0v) is 13.5. The van der Waals surface area contributed by atoms with E-state index in [0.29, 0.717) is 16.4 Å². The number of aromatic nitrogens is 3. The minimum atomic E-state index is -0.172. The van der Waals surface area contributed by atoms with Crippen LogP contribution in [0.2, 0.25) is 0 Å². The van der Waals surface area contributed by atoms with E-state index in [2.05, 4.69) is 26.7 Å². The van der Waals surface area contributed by atoms with Crippen LogP contribution in [0.15, 0.2) is 16.7 Å². The molecule has 1 aromatic carbocycles. The molecule has 0 saturated carbocycles. The summed E-state index contributed by atoms with van der Waals surface area (Å²) >= 11 is 1.38. The van der Waals surface area contributed by atoms with Gasteiger partial charge in [0, 0.05) is 5.39 Å². The molecule has 6 nitrogen and oxygen atoms in total. The number of carbonyl (C=O) groups excluding carboxylic acids is 1. The third-order valence-corrected chi connectivity index (χ3v) is 4.31. The van der Waals surface area contributed by atoms with E-state index in [1.54, 1.807) is 0 Å². The van der Waals surface area contributed by atoms with Gasteiger partial charge in [0.05, 0.1) is 6.42 Å². The van der Waals surface area contributed by atoms with Crippen molar-refractivity contribution in [2.45, 2.75) is 33.6 Å². The van der Waals surface area contributed by atoms with Crippen LogP contribution in [0, 0.1) is 13.8 Å². The SMILES string of the molecule is CCc1nnc(NC(=O)Cc2noc3cc(C)cc(C)c23)s1. The van der Waals surface area contributed by atoms with Crippen molar-refractivity contribution < 1.29 is 9.32 Å². The number of carbonyl (C=O) groups is 1. The van der Waals surface area contributed by atoms with Crippen molar-refractivity contribution in [1.29, 1.82) is 0 Å². The molecule has 0 aliphatic rings. The van der Waals surface area contributed by atoms with Crippen molar-refractivity contribution in [3.8, 4) is 0 Å². The molecule has 1 N–H and O–H groups in total. The van der Waals surface area contributed by atoms with Crippen LogP contribution in [0.4, 0.5) is 5.13 Å². The second kappa shape index (κ2) is 5.84. The highest BCUT2D eigenvalue weighted by atomic mass is 32.1. The Bertz CT molecular complexity index is 837. The highest BCUT2D eigenvalue weighted by Gasteiger charge is 2.16. The smallest absolute Gasteiger partial charge is 0.232 e. The minimum absolute atomic E-state index is 0.151. The third kappa shape index (κ3) is 2.85. The van der Waals surface area contributed by atoms with Crippen LogP contribution in [0.5, 0.6) is 0 Å². The Labute approximate surface area is 131 Å². The van der Waals surface area contributed by atoms with Crippen LogP contribution in [0.3, 0.4) is 0 Å². The molecule has 0 unspecified atom stereocenters. The van der Waals surface area contributed by atoms with Crippen molar-refractivity contribution >= 4 is 33.3 Å². The molecule has 0 radical (unpaired) electrons. The van der Waals surface area contributed by atoms with Crippen molar-refractivity contribution in [1.82, 2.24) is 15.4 Å². The van der Waals surface area contributed by atoms with Crippen molar-refractivity contribution in [3.63, 3.8) is 0 Å². The average Bonchev–Trinajstić information content (AvgIpc) is 3.06. The topological polar surface area (TPSA) is 80.9 Å². The Morgan fingerprint density at radius 3 is 2.86 bits per heavy atom. The van der Waals surface area contributed by atoms with Gasteiger partial charge in [-0.05, 0) is 37.5 Å². The highest BCUT2D eigenvalue weighted by Crippen LogP contribution is 2.25. The summed E-state index contributed by atoms with van der Waals surface area (Å²) in [7, 11) is 0. The fourth-order valence-corrected chi connectivity index (χ4v) is 3.10. The van der Waals surface area contributed by atoms with E-state index in [0.717, 1.165) is 27.9 Å². The molecule has 0 bridgehead atoms. The Morgan fingerprint density at radius 1 is 1.32 bits per heavy atom. The monoisotopic (exact) mass is 316 g/mol. The number of nitrogens with zero attached hydrogens (tertiary/aromatic N) is 3. The van der Waals surface area contributed by atoms with Crippen molar-refractivity contribution in [3.05, 3.63) is 34.0 Å². The zero-order chi connectivity index (χ0) is 15.7. The molecule has 2 aromatic heterocycles. The maximum atomic E-state index is 12.1. The number of hydrogen-bond acceptors (Lipinski definition) is 6. The van der Waals surface area contributed by atoms with Gasteiger partial charge in [-0.25, -0.2) is 0 Å². The van der Waals surface area contributed by atoms with Crippen LogP contribution >= 0.6 is 11.3 Å². The summed E-state index contributed by atoms with van der Waals surface area (Å²) in [4.78, 5) is 12.1. The molecule has 0 aliphatic carbocycles. The fourth-order valence-electron chi connectivity index (χ4n) is 2.40. The molecule has 3 rings (SSSR count). The van der Waals surface area contributed by atoms with E-state index in [1.165, 1.54) is 11.3 Å². The van der Waals surface area contributed by atoms with Gasteiger partial charge in [-0.3, -0.25) is 4.79 Å². The normalized spacial score (nSPS) is 11.0. The molecule has 2 heterocycles. The van der Waals surface area contributed by atoms with E-state index >= 15 is 0 Å².